The molecule has 1 aromatic carbocycles. The lowest BCUT2D eigenvalue weighted by atomic mass is 9.75. The van der Waals surface area contributed by atoms with Crippen molar-refractivity contribution >= 4 is 5.78 Å². The number of hydrogen-bond acceptors (Lipinski definition) is 3. The fraction of sp³-hybridized carbons (Fsp3) is 0.700. The first-order valence-corrected chi connectivity index (χ1v) is 12.9. The van der Waals surface area contributed by atoms with E-state index >= 15 is 0 Å². The maximum atomic E-state index is 11.2. The van der Waals surface area contributed by atoms with Gasteiger partial charge in [-0.15, -0.1) is 0 Å². The number of phenolic OH excluding ortho intramolecular Hbond substituents is 1. The second kappa shape index (κ2) is 14.6. The monoisotopic (exact) mass is 459 g/mol. The summed E-state index contributed by atoms with van der Waals surface area (Å²) in [7, 11) is 2.26. The van der Waals surface area contributed by atoms with E-state index in [2.05, 4.69) is 66.5 Å². The summed E-state index contributed by atoms with van der Waals surface area (Å²) in [6.07, 6.45) is 9.27. The highest BCUT2D eigenvalue weighted by Gasteiger charge is 2.41. The first kappa shape index (κ1) is 31.4. The maximum Gasteiger partial charge on any atom is 0.136 e. The number of rotatable bonds is 6. The molecule has 0 spiro atoms. The zero-order valence-corrected chi connectivity index (χ0v) is 23.6. The number of Topliss-reactive ketones (excluding diaryl/α,β-unsaturated/α-hetero) is 1. The number of carbonyl (C=O) groups excluding carboxylic acids is 1. The van der Waals surface area contributed by atoms with Crippen LogP contribution in [0.5, 0.6) is 5.75 Å². The zero-order valence-electron chi connectivity index (χ0n) is 23.6. The van der Waals surface area contributed by atoms with Gasteiger partial charge in [0.05, 0.1) is 0 Å². The Hall–Kier alpha value is -1.61. The molecular weight excluding hydrogens is 406 g/mol. The molecule has 1 saturated heterocycles. The molecule has 1 aromatic rings. The summed E-state index contributed by atoms with van der Waals surface area (Å²) in [6.45, 7) is 21.7. The highest BCUT2D eigenvalue weighted by Crippen LogP contribution is 2.39. The summed E-state index contributed by atoms with van der Waals surface area (Å²) in [4.78, 5) is 13.7. The van der Waals surface area contributed by atoms with Gasteiger partial charge in [-0.3, -0.25) is 9.69 Å². The van der Waals surface area contributed by atoms with Crippen molar-refractivity contribution in [3.05, 3.63) is 41.5 Å². The Morgan fingerprint density at radius 3 is 1.91 bits per heavy atom. The van der Waals surface area contributed by atoms with Crippen molar-refractivity contribution in [2.75, 3.05) is 7.05 Å². The zero-order chi connectivity index (χ0) is 25.8. The van der Waals surface area contributed by atoms with Gasteiger partial charge in [-0.05, 0) is 97.9 Å². The molecule has 1 aliphatic rings. The number of allylic oxidation sites excluding steroid dienone is 2. The summed E-state index contributed by atoms with van der Waals surface area (Å²) in [6, 6.07) is 7.24. The van der Waals surface area contributed by atoms with Crippen LogP contribution >= 0.6 is 0 Å². The van der Waals surface area contributed by atoms with Crippen molar-refractivity contribution in [2.24, 2.45) is 11.8 Å². The molecule has 0 saturated carbocycles. The Balaban J connectivity index is 0.000000556. The Bertz CT molecular complexity index is 695. The predicted molar refractivity (Wildman–Crippen MR) is 145 cm³/mol. The summed E-state index contributed by atoms with van der Waals surface area (Å²) in [5.41, 5.74) is 3.08. The molecule has 0 aliphatic carbocycles. The molecule has 3 nitrogen and oxygen atoms in total. The van der Waals surface area contributed by atoms with Gasteiger partial charge in [-0.2, -0.15) is 0 Å². The van der Waals surface area contributed by atoms with Crippen molar-refractivity contribution < 1.29 is 9.90 Å². The summed E-state index contributed by atoms with van der Waals surface area (Å²) in [5.74, 6) is 1.40. The normalized spacial score (nSPS) is 18.9. The van der Waals surface area contributed by atoms with Crippen molar-refractivity contribution in [3.63, 3.8) is 0 Å². The molecule has 1 fully saturated rings. The van der Waals surface area contributed by atoms with Crippen LogP contribution in [-0.4, -0.2) is 33.9 Å². The molecule has 1 unspecified atom stereocenters. The van der Waals surface area contributed by atoms with Crippen LogP contribution in [0.4, 0.5) is 0 Å². The fourth-order valence-corrected chi connectivity index (χ4v) is 4.50. The van der Waals surface area contributed by atoms with Crippen LogP contribution in [0.2, 0.25) is 0 Å². The second-order valence-corrected chi connectivity index (χ2v) is 11.2. The lowest BCUT2D eigenvalue weighted by Crippen LogP contribution is -2.58. The summed E-state index contributed by atoms with van der Waals surface area (Å²) < 4.78 is 0. The number of carbonyl (C=O) groups is 1. The van der Waals surface area contributed by atoms with Crippen LogP contribution < -0.4 is 0 Å². The smallest absolute Gasteiger partial charge is 0.136 e. The van der Waals surface area contributed by atoms with E-state index in [-0.39, 0.29) is 11.7 Å². The number of ketones is 1. The summed E-state index contributed by atoms with van der Waals surface area (Å²) in [5, 5.41) is 9.15. The number of aryl methyl sites for hydroxylation is 1. The average molecular weight is 460 g/mol. The highest BCUT2D eigenvalue weighted by molar-refractivity contribution is 5.80. The van der Waals surface area contributed by atoms with Crippen LogP contribution in [-0.2, 0) is 11.2 Å². The number of hydrogen-bond donors (Lipinski definition) is 1. The standard InChI is InChI=1S/C15H20O2.C11H23N.C4H10/c1-11(12(2)13(3)16)5-4-6-14-7-9-15(17)10-8-14;1-9-7-10(2,3)12(6)11(4,5)8-9;1-3-4-2/h5,7-10,12,17H,4,6H2,1-3H3;9H,7-8H2,1-6H3;3-4H2,1-2H3/b11-5+;;. The van der Waals surface area contributed by atoms with Gasteiger partial charge < -0.3 is 5.11 Å². The number of nitrogens with zero attached hydrogens (tertiary/aromatic N) is 1. The van der Waals surface area contributed by atoms with Gasteiger partial charge in [-0.25, -0.2) is 0 Å². The minimum Gasteiger partial charge on any atom is -0.508 e. The third-order valence-electron chi connectivity index (χ3n) is 7.14. The lowest BCUT2D eigenvalue weighted by Gasteiger charge is -2.53. The first-order chi connectivity index (χ1) is 15.2. The van der Waals surface area contributed by atoms with Gasteiger partial charge in [0.1, 0.15) is 11.5 Å². The Kier molecular flexibility index (Phi) is 13.9. The molecule has 1 aliphatic heterocycles. The molecule has 1 N–H and O–H groups in total. The quantitative estimate of drug-likeness (QED) is 0.436. The fourth-order valence-electron chi connectivity index (χ4n) is 4.50. The molecule has 2 rings (SSSR count). The second-order valence-electron chi connectivity index (χ2n) is 11.2. The molecule has 190 valence electrons. The first-order valence-electron chi connectivity index (χ1n) is 12.9. The Morgan fingerprint density at radius 1 is 1.06 bits per heavy atom. The molecule has 1 atom stereocenters. The van der Waals surface area contributed by atoms with E-state index in [1.54, 1.807) is 19.1 Å². The van der Waals surface area contributed by atoms with Crippen LogP contribution in [0.15, 0.2) is 35.9 Å². The molecule has 0 radical (unpaired) electrons. The molecule has 1 heterocycles. The number of unbranched alkanes of at least 4 members (excludes halogenated alkanes) is 1. The van der Waals surface area contributed by atoms with E-state index in [1.807, 2.05) is 26.0 Å². The average Bonchev–Trinajstić information content (AvgIpc) is 2.72. The van der Waals surface area contributed by atoms with Crippen LogP contribution in [0.3, 0.4) is 0 Å². The van der Waals surface area contributed by atoms with E-state index in [1.165, 1.54) is 31.2 Å². The molecule has 33 heavy (non-hydrogen) atoms. The van der Waals surface area contributed by atoms with Crippen LogP contribution in [0.25, 0.3) is 0 Å². The predicted octanol–water partition coefficient (Wildman–Crippen LogP) is 8.21. The number of likely N-dealkylation sites (tertiary alicyclic amines) is 1. The van der Waals surface area contributed by atoms with Crippen molar-refractivity contribution in [1.82, 2.24) is 4.90 Å². The molecule has 3 heteroatoms. The molecule has 0 amide bonds. The van der Waals surface area contributed by atoms with Crippen molar-refractivity contribution in [3.8, 4) is 5.75 Å². The number of aromatic hydroxyl groups is 1. The van der Waals surface area contributed by atoms with E-state index in [4.69, 9.17) is 5.11 Å². The minimum atomic E-state index is 0.0230. The van der Waals surface area contributed by atoms with Gasteiger partial charge >= 0.3 is 0 Å². The SMILES string of the molecule is CC(=O)C(C)/C(C)=C/CCc1ccc(O)cc1.CC1CC(C)(C)N(C)C(C)(C)C1.CCCC. The molecule has 0 aromatic heterocycles. The van der Waals surface area contributed by atoms with Crippen LogP contribution in [0, 0.1) is 11.8 Å². The Morgan fingerprint density at radius 2 is 1.52 bits per heavy atom. The highest BCUT2D eigenvalue weighted by atomic mass is 16.3. The number of piperidine rings is 1. The topological polar surface area (TPSA) is 40.5 Å². The number of phenols is 1. The van der Waals surface area contributed by atoms with Gasteiger partial charge in [0.25, 0.3) is 0 Å². The Labute approximate surface area is 205 Å². The van der Waals surface area contributed by atoms with Crippen molar-refractivity contribution in [2.45, 2.75) is 119 Å². The van der Waals surface area contributed by atoms with Gasteiger partial charge in [-0.1, -0.05) is 64.3 Å². The largest absolute Gasteiger partial charge is 0.508 e. The minimum absolute atomic E-state index is 0.0230. The number of benzene rings is 1. The van der Waals surface area contributed by atoms with Crippen LogP contribution in [0.1, 0.15) is 107 Å². The third kappa shape index (κ3) is 11.9. The van der Waals surface area contributed by atoms with E-state index in [0.717, 1.165) is 24.3 Å². The van der Waals surface area contributed by atoms with E-state index < -0.39 is 0 Å². The van der Waals surface area contributed by atoms with Gasteiger partial charge in [0.15, 0.2) is 0 Å². The van der Waals surface area contributed by atoms with Gasteiger partial charge in [0.2, 0.25) is 0 Å². The van der Waals surface area contributed by atoms with Gasteiger partial charge in [0, 0.05) is 17.0 Å². The van der Waals surface area contributed by atoms with E-state index in [9.17, 15) is 4.79 Å². The molecule has 0 bridgehead atoms. The third-order valence-corrected chi connectivity index (χ3v) is 7.14. The summed E-state index contributed by atoms with van der Waals surface area (Å²) >= 11 is 0. The maximum absolute atomic E-state index is 11.2. The van der Waals surface area contributed by atoms with E-state index in [0.29, 0.717) is 16.8 Å². The van der Waals surface area contributed by atoms with Crippen molar-refractivity contribution in [1.29, 1.82) is 0 Å². The lowest BCUT2D eigenvalue weighted by molar-refractivity contribution is -0.119. The molecular formula is C30H53NO2.